The molecule has 0 amide bonds. The van der Waals surface area contributed by atoms with Crippen molar-refractivity contribution in [1.82, 2.24) is 10.3 Å². The minimum Gasteiger partial charge on any atom is -0.387 e. The standard InChI is InChI=1S/C15H17ClN2O/c1-11-13(3-2-8-18-11)9-17-10-15(19)12-4-6-14(16)7-5-12/h2-8,15,17,19H,9-10H2,1H3. The molecule has 100 valence electrons. The summed E-state index contributed by atoms with van der Waals surface area (Å²) >= 11 is 5.81. The molecule has 0 fully saturated rings. The molecular formula is C15H17ClN2O. The molecule has 0 saturated heterocycles. The lowest BCUT2D eigenvalue weighted by molar-refractivity contribution is 0.174. The molecule has 0 bridgehead atoms. The van der Waals surface area contributed by atoms with Crippen molar-refractivity contribution in [2.75, 3.05) is 6.54 Å². The first kappa shape index (κ1) is 14.0. The van der Waals surface area contributed by atoms with Gasteiger partial charge in [0, 0.05) is 30.0 Å². The molecule has 0 spiro atoms. The van der Waals surface area contributed by atoms with E-state index in [4.69, 9.17) is 11.6 Å². The quantitative estimate of drug-likeness (QED) is 0.883. The number of hydrogen-bond acceptors (Lipinski definition) is 3. The minimum absolute atomic E-state index is 0.496. The lowest BCUT2D eigenvalue weighted by Gasteiger charge is -2.13. The van der Waals surface area contributed by atoms with Crippen LogP contribution >= 0.6 is 11.6 Å². The van der Waals surface area contributed by atoms with E-state index in [2.05, 4.69) is 10.3 Å². The van der Waals surface area contributed by atoms with E-state index in [1.165, 1.54) is 0 Å². The minimum atomic E-state index is -0.533. The van der Waals surface area contributed by atoms with Crippen LogP contribution in [0.1, 0.15) is 22.9 Å². The number of hydrogen-bond donors (Lipinski definition) is 2. The summed E-state index contributed by atoms with van der Waals surface area (Å²) in [4.78, 5) is 4.23. The van der Waals surface area contributed by atoms with Gasteiger partial charge in [0.1, 0.15) is 0 Å². The van der Waals surface area contributed by atoms with E-state index in [0.717, 1.165) is 16.8 Å². The van der Waals surface area contributed by atoms with Gasteiger partial charge < -0.3 is 10.4 Å². The smallest absolute Gasteiger partial charge is 0.0914 e. The van der Waals surface area contributed by atoms with E-state index >= 15 is 0 Å². The van der Waals surface area contributed by atoms with E-state index in [9.17, 15) is 5.11 Å². The zero-order valence-corrected chi connectivity index (χ0v) is 11.6. The average molecular weight is 277 g/mol. The highest BCUT2D eigenvalue weighted by molar-refractivity contribution is 6.30. The monoisotopic (exact) mass is 276 g/mol. The Hall–Kier alpha value is -1.42. The molecule has 3 nitrogen and oxygen atoms in total. The fourth-order valence-electron chi connectivity index (χ4n) is 1.85. The lowest BCUT2D eigenvalue weighted by Crippen LogP contribution is -2.21. The van der Waals surface area contributed by atoms with Crippen LogP contribution in [0.2, 0.25) is 5.02 Å². The molecule has 2 aromatic rings. The first-order valence-corrected chi connectivity index (χ1v) is 6.59. The Kier molecular flexibility index (Phi) is 4.91. The van der Waals surface area contributed by atoms with Crippen LogP contribution in [0.3, 0.4) is 0 Å². The van der Waals surface area contributed by atoms with E-state index in [0.29, 0.717) is 18.1 Å². The number of benzene rings is 1. The van der Waals surface area contributed by atoms with Crippen molar-refractivity contribution in [2.24, 2.45) is 0 Å². The molecule has 1 heterocycles. The van der Waals surface area contributed by atoms with Gasteiger partial charge in [-0.3, -0.25) is 4.98 Å². The third-order valence-corrected chi connectivity index (χ3v) is 3.28. The molecule has 0 radical (unpaired) electrons. The number of nitrogens with one attached hydrogen (secondary N) is 1. The highest BCUT2D eigenvalue weighted by atomic mass is 35.5. The summed E-state index contributed by atoms with van der Waals surface area (Å²) in [6.45, 7) is 3.17. The number of aliphatic hydroxyl groups is 1. The van der Waals surface area contributed by atoms with Gasteiger partial charge in [0.2, 0.25) is 0 Å². The molecular weight excluding hydrogens is 260 g/mol. The molecule has 1 atom stereocenters. The normalized spacial score (nSPS) is 12.4. The second kappa shape index (κ2) is 6.66. The van der Waals surface area contributed by atoms with E-state index in [-0.39, 0.29) is 0 Å². The first-order valence-electron chi connectivity index (χ1n) is 6.21. The predicted molar refractivity (Wildman–Crippen MR) is 77.1 cm³/mol. The predicted octanol–water partition coefficient (Wildman–Crippen LogP) is 2.87. The molecule has 4 heteroatoms. The fraction of sp³-hybridized carbons (Fsp3) is 0.267. The second-order valence-corrected chi connectivity index (χ2v) is 4.88. The van der Waals surface area contributed by atoms with Gasteiger partial charge in [0.15, 0.2) is 0 Å². The van der Waals surface area contributed by atoms with Crippen LogP contribution in [0.5, 0.6) is 0 Å². The maximum absolute atomic E-state index is 10.0. The van der Waals surface area contributed by atoms with Gasteiger partial charge in [-0.15, -0.1) is 0 Å². The zero-order chi connectivity index (χ0) is 13.7. The van der Waals surface area contributed by atoms with Crippen LogP contribution in [0.4, 0.5) is 0 Å². The van der Waals surface area contributed by atoms with Crippen LogP contribution in [0.25, 0.3) is 0 Å². The van der Waals surface area contributed by atoms with Crippen molar-refractivity contribution in [3.63, 3.8) is 0 Å². The van der Waals surface area contributed by atoms with E-state index in [1.807, 2.05) is 31.2 Å². The van der Waals surface area contributed by atoms with Crippen molar-refractivity contribution >= 4 is 11.6 Å². The molecule has 1 unspecified atom stereocenters. The van der Waals surface area contributed by atoms with Crippen LogP contribution in [0.15, 0.2) is 42.6 Å². The van der Waals surface area contributed by atoms with Crippen molar-refractivity contribution in [2.45, 2.75) is 19.6 Å². The molecule has 0 saturated carbocycles. The molecule has 2 N–H and O–H groups in total. The molecule has 0 aliphatic carbocycles. The average Bonchev–Trinajstić information content (AvgIpc) is 2.41. The zero-order valence-electron chi connectivity index (χ0n) is 10.8. The SMILES string of the molecule is Cc1ncccc1CNCC(O)c1ccc(Cl)cc1. The Morgan fingerprint density at radius 2 is 2.00 bits per heavy atom. The van der Waals surface area contributed by atoms with Crippen LogP contribution in [0, 0.1) is 6.92 Å². The Balaban J connectivity index is 1.86. The Morgan fingerprint density at radius 3 is 2.68 bits per heavy atom. The maximum Gasteiger partial charge on any atom is 0.0914 e. The molecule has 2 rings (SSSR count). The van der Waals surface area contributed by atoms with Crippen molar-refractivity contribution < 1.29 is 5.11 Å². The van der Waals surface area contributed by atoms with Gasteiger partial charge in [0.05, 0.1) is 6.10 Å². The third kappa shape index (κ3) is 4.03. The first-order chi connectivity index (χ1) is 9.16. The molecule has 1 aromatic carbocycles. The van der Waals surface area contributed by atoms with Crippen LogP contribution in [-0.4, -0.2) is 16.6 Å². The summed E-state index contributed by atoms with van der Waals surface area (Å²) in [7, 11) is 0. The van der Waals surface area contributed by atoms with E-state index < -0.39 is 6.10 Å². The number of rotatable bonds is 5. The molecule has 1 aromatic heterocycles. The van der Waals surface area contributed by atoms with Gasteiger partial charge in [-0.2, -0.15) is 0 Å². The lowest BCUT2D eigenvalue weighted by atomic mass is 10.1. The number of nitrogens with zero attached hydrogens (tertiary/aromatic N) is 1. The summed E-state index contributed by atoms with van der Waals surface area (Å²) < 4.78 is 0. The summed E-state index contributed by atoms with van der Waals surface area (Å²) in [5.41, 5.74) is 3.02. The van der Waals surface area contributed by atoms with E-state index in [1.54, 1.807) is 18.3 Å². The van der Waals surface area contributed by atoms with Gasteiger partial charge in [-0.25, -0.2) is 0 Å². The van der Waals surface area contributed by atoms with Gasteiger partial charge in [0.25, 0.3) is 0 Å². The van der Waals surface area contributed by atoms with Crippen molar-refractivity contribution in [3.05, 3.63) is 64.4 Å². The summed E-state index contributed by atoms with van der Waals surface area (Å²) in [5.74, 6) is 0. The number of aryl methyl sites for hydroxylation is 1. The number of aromatic nitrogens is 1. The van der Waals surface area contributed by atoms with Gasteiger partial charge >= 0.3 is 0 Å². The van der Waals surface area contributed by atoms with Gasteiger partial charge in [-0.05, 0) is 36.2 Å². The topological polar surface area (TPSA) is 45.2 Å². The summed E-state index contributed by atoms with van der Waals surface area (Å²) in [6.07, 6.45) is 1.25. The molecule has 19 heavy (non-hydrogen) atoms. The highest BCUT2D eigenvalue weighted by Gasteiger charge is 2.07. The van der Waals surface area contributed by atoms with Crippen molar-refractivity contribution in [3.8, 4) is 0 Å². The Morgan fingerprint density at radius 1 is 1.26 bits per heavy atom. The Bertz CT molecular complexity index is 528. The molecule has 0 aliphatic heterocycles. The number of aliphatic hydroxyl groups excluding tert-OH is 1. The van der Waals surface area contributed by atoms with Crippen LogP contribution < -0.4 is 5.32 Å². The number of halogens is 1. The fourth-order valence-corrected chi connectivity index (χ4v) is 1.98. The molecule has 0 aliphatic rings. The van der Waals surface area contributed by atoms with Gasteiger partial charge in [-0.1, -0.05) is 29.8 Å². The summed E-state index contributed by atoms with van der Waals surface area (Å²) in [5, 5.41) is 13.9. The Labute approximate surface area is 118 Å². The largest absolute Gasteiger partial charge is 0.387 e. The number of pyridine rings is 1. The summed E-state index contributed by atoms with van der Waals surface area (Å²) in [6, 6.07) is 11.2. The highest BCUT2D eigenvalue weighted by Crippen LogP contribution is 2.15. The van der Waals surface area contributed by atoms with Crippen LogP contribution in [-0.2, 0) is 6.54 Å². The third-order valence-electron chi connectivity index (χ3n) is 3.02. The van der Waals surface area contributed by atoms with Crippen molar-refractivity contribution in [1.29, 1.82) is 0 Å². The maximum atomic E-state index is 10.0. The second-order valence-electron chi connectivity index (χ2n) is 4.45.